The third-order valence-electron chi connectivity index (χ3n) is 7.84. The molecule has 9 heteroatoms. The first-order valence-electron chi connectivity index (χ1n) is 12.7. The van der Waals surface area contributed by atoms with Gasteiger partial charge in [0.15, 0.2) is 5.78 Å². The monoisotopic (exact) mass is 528 g/mol. The van der Waals surface area contributed by atoms with Crippen molar-refractivity contribution >= 4 is 51.5 Å². The van der Waals surface area contributed by atoms with Crippen LogP contribution in [0.1, 0.15) is 51.8 Å². The Kier molecular flexibility index (Phi) is 6.12. The lowest BCUT2D eigenvalue weighted by Gasteiger charge is -2.46. The SMILES string of the molecule is C=CC(=O)N1CCC2(CC(n3c(NC(=O)c4ccc(C5=CC(=O)CC=C5)s4)nc4cc(CO)ccc43)C2)C1. The maximum absolute atomic E-state index is 13.3. The number of ketones is 1. The van der Waals surface area contributed by atoms with Crippen molar-refractivity contribution in [2.75, 3.05) is 18.4 Å². The van der Waals surface area contributed by atoms with Gasteiger partial charge in [-0.25, -0.2) is 4.98 Å². The van der Waals surface area contributed by atoms with Gasteiger partial charge < -0.3 is 14.6 Å². The Morgan fingerprint density at radius 1 is 1.26 bits per heavy atom. The molecule has 2 aromatic heterocycles. The summed E-state index contributed by atoms with van der Waals surface area (Å²) in [6, 6.07) is 9.42. The van der Waals surface area contributed by atoms with Crippen molar-refractivity contribution < 1.29 is 19.5 Å². The molecule has 0 bridgehead atoms. The molecule has 38 heavy (non-hydrogen) atoms. The number of anilines is 1. The largest absolute Gasteiger partial charge is 0.392 e. The minimum Gasteiger partial charge on any atom is -0.392 e. The van der Waals surface area contributed by atoms with Gasteiger partial charge in [-0.15, -0.1) is 11.3 Å². The Bertz CT molecular complexity index is 1540. The van der Waals surface area contributed by atoms with Crippen LogP contribution < -0.4 is 5.32 Å². The van der Waals surface area contributed by atoms with Gasteiger partial charge in [-0.1, -0.05) is 24.8 Å². The number of thiophene rings is 1. The molecule has 2 amide bonds. The fourth-order valence-corrected chi connectivity index (χ4v) is 6.82. The highest BCUT2D eigenvalue weighted by atomic mass is 32.1. The molecule has 2 aliphatic carbocycles. The zero-order valence-electron chi connectivity index (χ0n) is 20.9. The van der Waals surface area contributed by atoms with E-state index in [1.54, 1.807) is 12.1 Å². The lowest BCUT2D eigenvalue weighted by Crippen LogP contribution is -2.42. The number of aliphatic hydroxyl groups is 1. The molecule has 1 aromatic carbocycles. The van der Waals surface area contributed by atoms with Crippen molar-refractivity contribution in [1.82, 2.24) is 14.5 Å². The fraction of sp³-hybridized carbons (Fsp3) is 0.310. The second kappa shape index (κ2) is 9.49. The van der Waals surface area contributed by atoms with E-state index in [1.807, 2.05) is 41.3 Å². The minimum absolute atomic E-state index is 0.0259. The summed E-state index contributed by atoms with van der Waals surface area (Å²) in [5.41, 5.74) is 3.26. The number of imidazole rings is 1. The standard InChI is InChI=1S/C29H28N4O4S/c1-2-26(36)32-11-10-29(17-32)14-20(15-29)33-23-7-6-18(16-34)12-22(23)30-28(33)31-27(37)25-9-8-24(38-25)19-4-3-5-21(35)13-19/h2-4,6-9,12-13,20,34H,1,5,10-11,14-17H2,(H,30,31,37). The number of nitrogens with zero attached hydrogens (tertiary/aromatic N) is 3. The lowest BCUT2D eigenvalue weighted by molar-refractivity contribution is -0.125. The van der Waals surface area contributed by atoms with Crippen LogP contribution in [0.2, 0.25) is 0 Å². The molecule has 1 spiro atoms. The summed E-state index contributed by atoms with van der Waals surface area (Å²) < 4.78 is 2.09. The number of carbonyl (C=O) groups excluding carboxylic acids is 3. The topological polar surface area (TPSA) is 105 Å². The van der Waals surface area contributed by atoms with Gasteiger partial charge in [0, 0.05) is 30.4 Å². The van der Waals surface area contributed by atoms with E-state index in [0.29, 0.717) is 22.8 Å². The Hall–Kier alpha value is -3.82. The normalized spacial score (nSPS) is 22.6. The van der Waals surface area contributed by atoms with Crippen LogP contribution in [0.5, 0.6) is 0 Å². The van der Waals surface area contributed by atoms with Crippen molar-refractivity contribution in [3.05, 3.63) is 76.5 Å². The molecule has 3 aliphatic rings. The van der Waals surface area contributed by atoms with E-state index in [2.05, 4.69) is 16.5 Å². The average molecular weight is 529 g/mol. The predicted octanol–water partition coefficient (Wildman–Crippen LogP) is 4.49. The number of benzene rings is 1. The van der Waals surface area contributed by atoms with Crippen molar-refractivity contribution in [2.45, 2.75) is 38.3 Å². The molecule has 0 atom stereocenters. The van der Waals surface area contributed by atoms with Crippen LogP contribution in [0.15, 0.2) is 61.2 Å². The minimum atomic E-state index is -0.260. The van der Waals surface area contributed by atoms with Crippen LogP contribution in [0.25, 0.3) is 16.6 Å². The molecule has 3 heterocycles. The first-order chi connectivity index (χ1) is 18.4. The number of allylic oxidation sites excluding steroid dienone is 4. The third kappa shape index (κ3) is 4.31. The molecule has 2 N–H and O–H groups in total. The molecule has 0 radical (unpaired) electrons. The molecule has 3 aromatic rings. The van der Waals surface area contributed by atoms with Crippen LogP contribution in [-0.4, -0.2) is 50.2 Å². The molecule has 8 nitrogen and oxygen atoms in total. The number of hydrogen-bond donors (Lipinski definition) is 2. The van der Waals surface area contributed by atoms with Crippen LogP contribution in [0, 0.1) is 5.41 Å². The lowest BCUT2D eigenvalue weighted by atomic mass is 9.64. The van der Waals surface area contributed by atoms with Gasteiger partial charge in [0.25, 0.3) is 5.91 Å². The van der Waals surface area contributed by atoms with Crippen molar-refractivity contribution in [3.63, 3.8) is 0 Å². The van der Waals surface area contributed by atoms with Gasteiger partial charge in [-0.3, -0.25) is 19.7 Å². The molecule has 2 fully saturated rings. The second-order valence-electron chi connectivity index (χ2n) is 10.4. The molecule has 194 valence electrons. The number of fused-ring (bicyclic) bond motifs is 1. The van der Waals surface area contributed by atoms with E-state index < -0.39 is 0 Å². The van der Waals surface area contributed by atoms with Crippen LogP contribution in [0.3, 0.4) is 0 Å². The zero-order valence-corrected chi connectivity index (χ0v) is 21.7. The summed E-state index contributed by atoms with van der Waals surface area (Å²) in [6.07, 6.45) is 9.88. The number of aromatic nitrogens is 2. The molecule has 1 saturated heterocycles. The van der Waals surface area contributed by atoms with Crippen molar-refractivity contribution in [2.24, 2.45) is 5.41 Å². The molecule has 1 saturated carbocycles. The molecular weight excluding hydrogens is 500 g/mol. The van der Waals surface area contributed by atoms with Crippen molar-refractivity contribution in [3.8, 4) is 0 Å². The van der Waals surface area contributed by atoms with E-state index >= 15 is 0 Å². The summed E-state index contributed by atoms with van der Waals surface area (Å²) >= 11 is 1.34. The van der Waals surface area contributed by atoms with E-state index in [4.69, 9.17) is 4.98 Å². The average Bonchev–Trinajstić information content (AvgIpc) is 3.64. The Morgan fingerprint density at radius 2 is 2.11 bits per heavy atom. The number of rotatable bonds is 6. The van der Waals surface area contributed by atoms with E-state index in [0.717, 1.165) is 53.9 Å². The van der Waals surface area contributed by atoms with Crippen LogP contribution in [0.4, 0.5) is 5.95 Å². The summed E-state index contributed by atoms with van der Waals surface area (Å²) in [5.74, 6) is 0.237. The first-order valence-corrected chi connectivity index (χ1v) is 13.6. The molecule has 0 unspecified atom stereocenters. The van der Waals surface area contributed by atoms with Crippen molar-refractivity contribution in [1.29, 1.82) is 0 Å². The second-order valence-corrected chi connectivity index (χ2v) is 11.4. The predicted molar refractivity (Wildman–Crippen MR) is 147 cm³/mol. The Morgan fingerprint density at radius 3 is 2.87 bits per heavy atom. The van der Waals surface area contributed by atoms with Gasteiger partial charge in [0.1, 0.15) is 0 Å². The Labute approximate surface area is 224 Å². The summed E-state index contributed by atoms with van der Waals surface area (Å²) in [7, 11) is 0. The number of likely N-dealkylation sites (tertiary alicyclic amines) is 1. The number of amides is 2. The zero-order chi connectivity index (χ0) is 26.4. The number of carbonyl (C=O) groups is 3. The highest BCUT2D eigenvalue weighted by molar-refractivity contribution is 7.15. The van der Waals surface area contributed by atoms with Gasteiger partial charge in [-0.2, -0.15) is 0 Å². The van der Waals surface area contributed by atoms with Gasteiger partial charge >= 0.3 is 0 Å². The summed E-state index contributed by atoms with van der Waals surface area (Å²) in [4.78, 5) is 45.2. The van der Waals surface area contributed by atoms with Gasteiger partial charge in [0.2, 0.25) is 11.9 Å². The highest BCUT2D eigenvalue weighted by Gasteiger charge is 2.50. The molecule has 6 rings (SSSR count). The maximum atomic E-state index is 13.3. The summed E-state index contributed by atoms with van der Waals surface area (Å²) in [6.45, 7) is 4.99. The quantitative estimate of drug-likeness (QED) is 0.459. The number of hydrogen-bond acceptors (Lipinski definition) is 6. The Balaban J connectivity index is 1.26. The highest BCUT2D eigenvalue weighted by Crippen LogP contribution is 2.55. The van der Waals surface area contributed by atoms with Gasteiger partial charge in [0.05, 0.1) is 22.5 Å². The molecule has 1 aliphatic heterocycles. The van der Waals surface area contributed by atoms with Gasteiger partial charge in [-0.05, 0) is 72.2 Å². The third-order valence-corrected chi connectivity index (χ3v) is 8.97. The van der Waals surface area contributed by atoms with E-state index in [1.165, 1.54) is 17.4 Å². The first kappa shape index (κ1) is 24.5. The number of aliphatic hydroxyl groups excluding tert-OH is 1. The van der Waals surface area contributed by atoms with Crippen LogP contribution in [-0.2, 0) is 16.2 Å². The fourth-order valence-electron chi connectivity index (χ4n) is 5.92. The molecular formula is C29H28N4O4S. The maximum Gasteiger partial charge on any atom is 0.268 e. The van der Waals surface area contributed by atoms with E-state index in [-0.39, 0.29) is 35.7 Å². The summed E-state index contributed by atoms with van der Waals surface area (Å²) in [5, 5.41) is 12.6. The number of nitrogens with one attached hydrogen (secondary N) is 1. The van der Waals surface area contributed by atoms with E-state index in [9.17, 15) is 19.5 Å². The smallest absolute Gasteiger partial charge is 0.268 e. The van der Waals surface area contributed by atoms with Crippen LogP contribution >= 0.6 is 11.3 Å².